The lowest BCUT2D eigenvalue weighted by Crippen LogP contribution is -2.22. The molecule has 0 saturated heterocycles. The highest BCUT2D eigenvalue weighted by Crippen LogP contribution is 2.31. The van der Waals surface area contributed by atoms with Crippen LogP contribution in [0.5, 0.6) is 0 Å². The normalized spacial score (nSPS) is 10.3. The molecular weight excluding hydrogens is 392 g/mol. The number of benzene rings is 1. The largest absolute Gasteiger partial charge is 0.462 e. The van der Waals surface area contributed by atoms with E-state index in [1.165, 1.54) is 35.6 Å². The first-order valence-electron chi connectivity index (χ1n) is 9.10. The van der Waals surface area contributed by atoms with Crippen LogP contribution in [0.1, 0.15) is 52.6 Å². The molecule has 1 aromatic carbocycles. The van der Waals surface area contributed by atoms with Crippen LogP contribution >= 0.6 is 11.3 Å². The van der Waals surface area contributed by atoms with Gasteiger partial charge in [0.15, 0.2) is 6.61 Å². The van der Waals surface area contributed by atoms with Crippen LogP contribution in [-0.2, 0) is 20.7 Å². The summed E-state index contributed by atoms with van der Waals surface area (Å²) in [6.07, 6.45) is 0.675. The Hall–Kier alpha value is -3.18. The molecule has 0 fully saturated rings. The number of carbonyl (C=O) groups excluding carboxylic acids is 3. The lowest BCUT2D eigenvalue weighted by atomic mass is 10.0. The van der Waals surface area contributed by atoms with Crippen molar-refractivity contribution >= 4 is 34.2 Å². The van der Waals surface area contributed by atoms with Crippen molar-refractivity contribution in [2.24, 2.45) is 5.92 Å². The number of nitrogens with zero attached hydrogens (tertiary/aromatic N) is 1. The third kappa shape index (κ3) is 6.16. The van der Waals surface area contributed by atoms with Crippen LogP contribution < -0.4 is 5.32 Å². The maximum Gasteiger partial charge on any atom is 0.341 e. The molecule has 152 valence electrons. The highest BCUT2D eigenvalue weighted by molar-refractivity contribution is 7.15. The molecule has 8 heteroatoms. The molecule has 0 bridgehead atoms. The smallest absolute Gasteiger partial charge is 0.341 e. The number of ether oxygens (including phenoxy) is 2. The van der Waals surface area contributed by atoms with Crippen molar-refractivity contribution in [1.29, 1.82) is 5.26 Å². The number of carbonyl (C=O) groups is 3. The predicted octanol–water partition coefficient (Wildman–Crippen LogP) is 3.79. The maximum absolute atomic E-state index is 12.3. The Labute approximate surface area is 173 Å². The van der Waals surface area contributed by atoms with E-state index in [1.54, 1.807) is 6.92 Å². The summed E-state index contributed by atoms with van der Waals surface area (Å²) in [7, 11) is 0. The van der Waals surface area contributed by atoms with Crippen LogP contribution in [0.2, 0.25) is 0 Å². The van der Waals surface area contributed by atoms with Gasteiger partial charge < -0.3 is 14.8 Å². The Bertz CT molecular complexity index is 926. The first-order valence-corrected chi connectivity index (χ1v) is 9.98. The van der Waals surface area contributed by atoms with Gasteiger partial charge in [-0.25, -0.2) is 9.59 Å². The van der Waals surface area contributed by atoms with Crippen LogP contribution in [0.3, 0.4) is 0 Å². The Balaban J connectivity index is 2.04. The first-order chi connectivity index (χ1) is 13.8. The lowest BCUT2D eigenvalue weighted by molar-refractivity contribution is -0.119. The van der Waals surface area contributed by atoms with Crippen LogP contribution in [0.25, 0.3) is 0 Å². The quantitative estimate of drug-likeness (QED) is 0.659. The summed E-state index contributed by atoms with van der Waals surface area (Å²) in [4.78, 5) is 36.6. The molecule has 0 unspecified atom stereocenters. The molecule has 0 aliphatic heterocycles. The fraction of sp³-hybridized carbons (Fsp3) is 0.333. The standard InChI is InChI=1S/C21H22N2O5S/c1-4-27-21(26)18-16(9-13(2)3)12-29-19(18)23-17(24)11-28-20(25)15-7-5-14(10-22)6-8-15/h5-8,12-13H,4,9,11H2,1-3H3,(H,23,24). The highest BCUT2D eigenvalue weighted by Gasteiger charge is 2.22. The summed E-state index contributed by atoms with van der Waals surface area (Å²) in [5.74, 6) is -1.40. The third-order valence-electron chi connectivity index (χ3n) is 3.81. The average Bonchev–Trinajstić information content (AvgIpc) is 3.07. The van der Waals surface area contributed by atoms with Gasteiger partial charge in [0, 0.05) is 0 Å². The minimum Gasteiger partial charge on any atom is -0.462 e. The van der Waals surface area contributed by atoms with E-state index in [0.29, 0.717) is 28.5 Å². The molecular formula is C21H22N2O5S. The van der Waals surface area contributed by atoms with E-state index in [4.69, 9.17) is 14.7 Å². The van der Waals surface area contributed by atoms with Gasteiger partial charge in [-0.1, -0.05) is 13.8 Å². The van der Waals surface area contributed by atoms with Crippen LogP contribution in [0, 0.1) is 17.2 Å². The fourth-order valence-electron chi connectivity index (χ4n) is 2.56. The van der Waals surface area contributed by atoms with Crippen LogP contribution in [0.15, 0.2) is 29.6 Å². The molecule has 0 saturated carbocycles. The number of nitrogens with one attached hydrogen (secondary N) is 1. The summed E-state index contributed by atoms with van der Waals surface area (Å²) >= 11 is 1.23. The Kier molecular flexibility index (Phi) is 7.92. The Morgan fingerprint density at radius 2 is 1.83 bits per heavy atom. The topological polar surface area (TPSA) is 105 Å². The second kappa shape index (κ2) is 10.4. The number of anilines is 1. The van der Waals surface area contributed by atoms with Crippen LogP contribution in [0.4, 0.5) is 5.00 Å². The minimum atomic E-state index is -0.679. The molecule has 2 aromatic rings. The first kappa shape index (κ1) is 22.1. The zero-order valence-corrected chi connectivity index (χ0v) is 17.3. The van der Waals surface area contributed by atoms with E-state index in [9.17, 15) is 14.4 Å². The highest BCUT2D eigenvalue weighted by atomic mass is 32.1. The number of thiophene rings is 1. The van der Waals surface area contributed by atoms with Crippen molar-refractivity contribution in [3.8, 4) is 6.07 Å². The van der Waals surface area contributed by atoms with Gasteiger partial charge in [-0.15, -0.1) is 11.3 Å². The van der Waals surface area contributed by atoms with Gasteiger partial charge in [0.25, 0.3) is 5.91 Å². The number of amides is 1. The van der Waals surface area contributed by atoms with Crippen molar-refractivity contribution < 1.29 is 23.9 Å². The van der Waals surface area contributed by atoms with Gasteiger partial charge in [0.2, 0.25) is 0 Å². The Morgan fingerprint density at radius 1 is 1.14 bits per heavy atom. The third-order valence-corrected chi connectivity index (χ3v) is 4.76. The molecule has 2 rings (SSSR count). The monoisotopic (exact) mass is 414 g/mol. The van der Waals surface area contributed by atoms with E-state index in [2.05, 4.69) is 5.32 Å². The second-order valence-electron chi connectivity index (χ2n) is 6.60. The Morgan fingerprint density at radius 3 is 2.41 bits per heavy atom. The van der Waals surface area contributed by atoms with E-state index in [1.807, 2.05) is 25.3 Å². The lowest BCUT2D eigenvalue weighted by Gasteiger charge is -2.10. The molecule has 1 N–H and O–H groups in total. The van der Waals surface area contributed by atoms with Crippen LogP contribution in [-0.4, -0.2) is 31.1 Å². The summed E-state index contributed by atoms with van der Waals surface area (Å²) in [6, 6.07) is 7.84. The van der Waals surface area contributed by atoms with E-state index >= 15 is 0 Å². The van der Waals surface area contributed by atoms with Gasteiger partial charge >= 0.3 is 11.9 Å². The number of hydrogen-bond donors (Lipinski definition) is 1. The zero-order valence-electron chi connectivity index (χ0n) is 16.5. The molecule has 1 amide bonds. The summed E-state index contributed by atoms with van der Waals surface area (Å²) in [6.45, 7) is 5.51. The van der Waals surface area contributed by atoms with Crippen molar-refractivity contribution in [2.45, 2.75) is 27.2 Å². The van der Waals surface area contributed by atoms with Gasteiger partial charge in [-0.3, -0.25) is 4.79 Å². The summed E-state index contributed by atoms with van der Waals surface area (Å²) < 4.78 is 10.1. The number of nitriles is 1. The number of rotatable bonds is 8. The zero-order chi connectivity index (χ0) is 21.4. The van der Waals surface area contributed by atoms with Crippen molar-refractivity contribution in [3.05, 3.63) is 51.9 Å². The average molecular weight is 414 g/mol. The number of hydrogen-bond acceptors (Lipinski definition) is 7. The molecule has 1 heterocycles. The molecule has 29 heavy (non-hydrogen) atoms. The predicted molar refractivity (Wildman–Crippen MR) is 109 cm³/mol. The van der Waals surface area contributed by atoms with E-state index < -0.39 is 24.5 Å². The fourth-order valence-corrected chi connectivity index (χ4v) is 3.54. The molecule has 0 aliphatic rings. The van der Waals surface area contributed by atoms with E-state index in [-0.39, 0.29) is 12.2 Å². The molecule has 0 atom stereocenters. The van der Waals surface area contributed by atoms with Gasteiger partial charge in [-0.2, -0.15) is 5.26 Å². The SMILES string of the molecule is CCOC(=O)c1c(CC(C)C)csc1NC(=O)COC(=O)c1ccc(C#N)cc1. The van der Waals surface area contributed by atoms with Crippen molar-refractivity contribution in [3.63, 3.8) is 0 Å². The number of esters is 2. The molecule has 0 radical (unpaired) electrons. The van der Waals surface area contributed by atoms with Gasteiger partial charge in [0.05, 0.1) is 29.4 Å². The molecule has 7 nitrogen and oxygen atoms in total. The molecule has 0 aliphatic carbocycles. The van der Waals surface area contributed by atoms with Crippen molar-refractivity contribution in [2.75, 3.05) is 18.5 Å². The molecule has 1 aromatic heterocycles. The maximum atomic E-state index is 12.3. The molecule has 0 spiro atoms. The van der Waals surface area contributed by atoms with E-state index in [0.717, 1.165) is 5.56 Å². The van der Waals surface area contributed by atoms with Gasteiger partial charge in [0.1, 0.15) is 5.00 Å². The van der Waals surface area contributed by atoms with Gasteiger partial charge in [-0.05, 0) is 54.5 Å². The summed E-state index contributed by atoms with van der Waals surface area (Å²) in [5, 5.41) is 13.6. The second-order valence-corrected chi connectivity index (χ2v) is 7.48. The van der Waals surface area contributed by atoms with Crippen molar-refractivity contribution in [1.82, 2.24) is 0 Å². The minimum absolute atomic E-state index is 0.228. The summed E-state index contributed by atoms with van der Waals surface area (Å²) in [5.41, 5.74) is 1.81.